The minimum absolute atomic E-state index is 0.0419. The van der Waals surface area contributed by atoms with Crippen LogP contribution in [-0.2, 0) is 37.8 Å². The molecule has 0 unspecified atom stereocenters. The molecule has 1 heterocycles. The Bertz CT molecular complexity index is 1500. The van der Waals surface area contributed by atoms with E-state index in [2.05, 4.69) is 0 Å². The quantitative estimate of drug-likeness (QED) is 0.190. The lowest BCUT2D eigenvalue weighted by atomic mass is 9.44. The van der Waals surface area contributed by atoms with Gasteiger partial charge in [-0.1, -0.05) is 32.0 Å². The first-order valence-corrected chi connectivity index (χ1v) is 18.8. The van der Waals surface area contributed by atoms with E-state index in [0.717, 1.165) is 0 Å². The van der Waals surface area contributed by atoms with Crippen molar-refractivity contribution in [3.8, 4) is 0 Å². The number of ether oxygens (including phenoxy) is 4. The first kappa shape index (κ1) is 34.0. The van der Waals surface area contributed by atoms with Gasteiger partial charge in [0.2, 0.25) is 9.04 Å². The smallest absolute Gasteiger partial charge is 0.338 e. The zero-order valence-electron chi connectivity index (χ0n) is 28.0. The van der Waals surface area contributed by atoms with Crippen LogP contribution >= 0.6 is 0 Å². The summed E-state index contributed by atoms with van der Waals surface area (Å²) < 4.78 is 31.9. The molecule has 1 saturated heterocycles. The van der Waals surface area contributed by atoms with Gasteiger partial charge in [0.15, 0.2) is 17.5 Å². The van der Waals surface area contributed by atoms with Crippen molar-refractivity contribution >= 4 is 32.7 Å². The van der Waals surface area contributed by atoms with E-state index in [1.807, 2.05) is 26.9 Å². The number of rotatable bonds is 7. The number of esters is 3. The van der Waals surface area contributed by atoms with Gasteiger partial charge in [0, 0.05) is 25.2 Å². The third kappa shape index (κ3) is 5.05. The molecule has 47 heavy (non-hydrogen) atoms. The van der Waals surface area contributed by atoms with E-state index in [-0.39, 0.29) is 30.9 Å². The van der Waals surface area contributed by atoms with E-state index in [0.29, 0.717) is 24.0 Å². The monoisotopic (exact) mass is 669 g/mol. The van der Waals surface area contributed by atoms with E-state index >= 15 is 4.79 Å². The van der Waals surface area contributed by atoms with Gasteiger partial charge in [0.05, 0.1) is 41.6 Å². The molecule has 5 aliphatic rings. The zero-order chi connectivity index (χ0) is 34.3. The average Bonchev–Trinajstić information content (AvgIpc) is 3.84. The predicted octanol–water partition coefficient (Wildman–Crippen LogP) is 3.32. The van der Waals surface area contributed by atoms with Crippen molar-refractivity contribution in [3.63, 3.8) is 0 Å². The number of aliphatic hydroxyl groups excluding tert-OH is 2. The second-order valence-corrected chi connectivity index (χ2v) is 16.9. The van der Waals surface area contributed by atoms with Gasteiger partial charge in [0.25, 0.3) is 0 Å². The molecule has 4 aliphatic carbocycles. The molecule has 11 nitrogen and oxygen atoms in total. The molecule has 1 aromatic rings. The highest BCUT2D eigenvalue weighted by molar-refractivity contribution is 6.48. The molecule has 12 heteroatoms. The molecule has 1 radical (unpaired) electrons. The molecule has 2 bridgehead atoms. The Morgan fingerprint density at radius 2 is 1.68 bits per heavy atom. The molecule has 255 valence electrons. The van der Waals surface area contributed by atoms with Gasteiger partial charge in [-0.15, -0.1) is 0 Å². The van der Waals surface area contributed by atoms with Crippen LogP contribution < -0.4 is 0 Å². The van der Waals surface area contributed by atoms with Crippen LogP contribution in [0.15, 0.2) is 41.5 Å². The van der Waals surface area contributed by atoms with E-state index < -0.39 is 91.2 Å². The van der Waals surface area contributed by atoms with Crippen LogP contribution in [0.2, 0.25) is 13.1 Å². The van der Waals surface area contributed by atoms with Gasteiger partial charge in [-0.2, -0.15) is 0 Å². The number of ketones is 1. The summed E-state index contributed by atoms with van der Waals surface area (Å²) in [5.74, 6) is -4.03. The van der Waals surface area contributed by atoms with Crippen LogP contribution in [0.3, 0.4) is 0 Å². The maximum absolute atomic E-state index is 15.2. The molecule has 0 spiro atoms. The van der Waals surface area contributed by atoms with Crippen molar-refractivity contribution in [3.05, 3.63) is 47.0 Å². The van der Waals surface area contributed by atoms with Crippen molar-refractivity contribution in [2.24, 2.45) is 22.7 Å². The maximum Gasteiger partial charge on any atom is 0.338 e. The Kier molecular flexibility index (Phi) is 8.40. The fraction of sp³-hybridized carbons (Fsp3) is 0.657. The van der Waals surface area contributed by atoms with E-state index in [1.165, 1.54) is 6.92 Å². The van der Waals surface area contributed by atoms with Crippen LogP contribution in [0, 0.1) is 22.7 Å². The van der Waals surface area contributed by atoms with Crippen LogP contribution in [0.25, 0.3) is 0 Å². The summed E-state index contributed by atoms with van der Waals surface area (Å²) in [4.78, 5) is 55.6. The second kappa shape index (κ2) is 11.6. The van der Waals surface area contributed by atoms with Gasteiger partial charge in [0.1, 0.15) is 17.8 Å². The number of Topliss-reactive ketones (excluding diaryl/α,β-unsaturated/α-hetero) is 1. The highest BCUT2D eigenvalue weighted by Gasteiger charge is 2.79. The van der Waals surface area contributed by atoms with Crippen molar-refractivity contribution < 1.29 is 52.8 Å². The number of hydrogen-bond donors (Lipinski definition) is 2. The highest BCUT2D eigenvalue weighted by atomic mass is 28.3. The van der Waals surface area contributed by atoms with Gasteiger partial charge < -0.3 is 33.6 Å². The second-order valence-electron chi connectivity index (χ2n) is 14.8. The third-order valence-corrected chi connectivity index (χ3v) is 12.2. The average molecular weight is 670 g/mol. The number of aliphatic hydroxyl groups is 2. The van der Waals surface area contributed by atoms with Gasteiger partial charge in [-0.05, 0) is 63.1 Å². The molecule has 4 fully saturated rings. The maximum atomic E-state index is 15.2. The molecule has 2 N–H and O–H groups in total. The van der Waals surface area contributed by atoms with Gasteiger partial charge in [-0.3, -0.25) is 14.4 Å². The summed E-state index contributed by atoms with van der Waals surface area (Å²) in [6.45, 7) is 11.9. The SMILES string of the molecule is CC(=O)O[C@H]1C(=O)[C@@]2(C)[C@H]([C@H](OC(=O)c3ccccc3)[C@]3(O[Si](C)C)C[C@H](O)C(C)=C1C3(C)C)[C@]1(OC(=O)C3CC3)CO[C@@H]1C[C@@H]2O. The summed E-state index contributed by atoms with van der Waals surface area (Å²) in [5, 5.41) is 23.8. The lowest BCUT2D eigenvalue weighted by Gasteiger charge is -2.68. The largest absolute Gasteiger partial charge is 0.455 e. The fourth-order valence-corrected chi connectivity index (χ4v) is 9.98. The predicted molar refractivity (Wildman–Crippen MR) is 168 cm³/mol. The number of fused-ring (bicyclic) bond motifs is 5. The third-order valence-electron chi connectivity index (χ3n) is 11.4. The van der Waals surface area contributed by atoms with Crippen molar-refractivity contribution in [2.75, 3.05) is 6.61 Å². The van der Waals surface area contributed by atoms with Crippen LogP contribution in [0.1, 0.15) is 70.7 Å². The Morgan fingerprint density at radius 1 is 1.02 bits per heavy atom. The number of carbonyl (C=O) groups excluding carboxylic acids is 4. The zero-order valence-corrected chi connectivity index (χ0v) is 29.0. The molecule has 0 amide bonds. The van der Waals surface area contributed by atoms with Crippen molar-refractivity contribution in [1.82, 2.24) is 0 Å². The number of carbonyl (C=O) groups is 4. The Hall–Kier alpha value is -2.90. The first-order chi connectivity index (χ1) is 22.0. The molecule has 6 rings (SSSR count). The van der Waals surface area contributed by atoms with Crippen molar-refractivity contribution in [2.45, 2.75) is 115 Å². The molecule has 9 atom stereocenters. The summed E-state index contributed by atoms with van der Waals surface area (Å²) in [5.41, 5.74) is -4.99. The first-order valence-electron chi connectivity index (χ1n) is 16.4. The summed E-state index contributed by atoms with van der Waals surface area (Å²) in [6, 6.07) is 8.40. The number of hydrogen-bond acceptors (Lipinski definition) is 11. The molecular weight excluding hydrogens is 624 g/mol. The van der Waals surface area contributed by atoms with Crippen LogP contribution in [0.4, 0.5) is 0 Å². The lowest BCUT2D eigenvalue weighted by molar-refractivity contribution is -0.345. The fourth-order valence-electron chi connectivity index (χ4n) is 8.80. The molecule has 3 saturated carbocycles. The Labute approximate surface area is 276 Å². The highest BCUT2D eigenvalue weighted by Crippen LogP contribution is 2.65. The van der Waals surface area contributed by atoms with Crippen molar-refractivity contribution in [1.29, 1.82) is 0 Å². The molecule has 1 aromatic carbocycles. The van der Waals surface area contributed by atoms with E-state index in [4.69, 9.17) is 23.4 Å². The normalized spacial score (nSPS) is 39.1. The molecule has 1 aliphatic heterocycles. The lowest BCUT2D eigenvalue weighted by Crippen LogP contribution is -2.82. The van der Waals surface area contributed by atoms with Crippen LogP contribution in [-0.4, -0.2) is 91.3 Å². The van der Waals surface area contributed by atoms with Crippen LogP contribution in [0.5, 0.6) is 0 Å². The molecule has 0 aromatic heterocycles. The van der Waals surface area contributed by atoms with Gasteiger partial charge in [-0.25, -0.2) is 4.79 Å². The van der Waals surface area contributed by atoms with Gasteiger partial charge >= 0.3 is 17.9 Å². The molecular formula is C35H45O11Si. The standard InChI is InChI=1S/C35H45O11Si/c1-18-22(37)16-35(46-47(6)7)29(44-30(40)20-11-9-8-10-12-20)27-33(5,28(39)26(43-19(2)36)25(18)32(35,3)4)23(38)15-24-34(27,17-42-24)45-31(41)21-13-14-21/h8-12,21-24,26-27,29,37-38H,13-17H2,1-7H3/t22-,23-,24+,26+,27-,29-,33+,34-,35+/m0/s1. The Balaban J connectivity index is 1.68. The van der Waals surface area contributed by atoms with E-state index in [9.17, 15) is 24.6 Å². The summed E-state index contributed by atoms with van der Waals surface area (Å²) in [7, 11) is -1.66. The Morgan fingerprint density at radius 3 is 2.23 bits per heavy atom. The minimum Gasteiger partial charge on any atom is -0.455 e. The number of benzene rings is 1. The topological polar surface area (TPSA) is 155 Å². The van der Waals surface area contributed by atoms with E-state index in [1.54, 1.807) is 44.2 Å². The summed E-state index contributed by atoms with van der Waals surface area (Å²) >= 11 is 0. The minimum atomic E-state index is -1.79. The summed E-state index contributed by atoms with van der Waals surface area (Å²) in [6.07, 6.45) is -4.95.